The smallest absolute Gasteiger partial charge is 0.250 e. The van der Waals surface area contributed by atoms with E-state index < -0.39 is 0 Å². The quantitative estimate of drug-likeness (QED) is 0.764. The molecule has 2 aliphatic rings. The molecule has 0 aliphatic carbocycles. The average molecular weight is 220 g/mol. The lowest BCUT2D eigenvalue weighted by Crippen LogP contribution is -2.14. The van der Waals surface area contributed by atoms with Gasteiger partial charge in [-0.25, -0.2) is 0 Å². The van der Waals surface area contributed by atoms with E-state index in [2.05, 4.69) is 0 Å². The number of ether oxygens (including phenoxy) is 4. The first-order chi connectivity index (χ1) is 7.83. The van der Waals surface area contributed by atoms with Crippen molar-refractivity contribution in [1.82, 2.24) is 0 Å². The van der Waals surface area contributed by atoms with Crippen LogP contribution in [-0.2, 0) is 4.74 Å². The molecule has 0 amide bonds. The average Bonchev–Trinajstić information content (AvgIpc) is 2.86. The SMILES string of the molecule is COc1cc(OC)c2c(c1)O[C@@H]1OC=C[C@H]21. The van der Waals surface area contributed by atoms with Crippen LogP contribution in [-0.4, -0.2) is 20.5 Å². The van der Waals surface area contributed by atoms with E-state index in [4.69, 9.17) is 18.9 Å². The number of hydrogen-bond donors (Lipinski definition) is 0. The highest BCUT2D eigenvalue weighted by Gasteiger charge is 2.39. The molecule has 0 saturated carbocycles. The van der Waals surface area contributed by atoms with Crippen molar-refractivity contribution in [3.63, 3.8) is 0 Å². The van der Waals surface area contributed by atoms with E-state index in [0.717, 1.165) is 22.8 Å². The normalized spacial score (nSPS) is 24.4. The van der Waals surface area contributed by atoms with Crippen LogP contribution in [0, 0.1) is 0 Å². The fourth-order valence-electron chi connectivity index (χ4n) is 2.13. The van der Waals surface area contributed by atoms with Crippen molar-refractivity contribution in [3.8, 4) is 17.2 Å². The Labute approximate surface area is 93.4 Å². The van der Waals surface area contributed by atoms with Gasteiger partial charge in [0.25, 0.3) is 6.29 Å². The minimum absolute atomic E-state index is 0.121. The van der Waals surface area contributed by atoms with Crippen LogP contribution in [0.15, 0.2) is 24.5 Å². The molecule has 2 aliphatic heterocycles. The molecule has 0 bridgehead atoms. The van der Waals surface area contributed by atoms with Crippen molar-refractivity contribution in [3.05, 3.63) is 30.0 Å². The number of fused-ring (bicyclic) bond motifs is 3. The second kappa shape index (κ2) is 3.33. The van der Waals surface area contributed by atoms with Crippen LogP contribution in [0.2, 0.25) is 0 Å². The predicted molar refractivity (Wildman–Crippen MR) is 56.9 cm³/mol. The van der Waals surface area contributed by atoms with Crippen molar-refractivity contribution in [2.24, 2.45) is 0 Å². The van der Waals surface area contributed by atoms with Gasteiger partial charge in [-0.3, -0.25) is 0 Å². The minimum Gasteiger partial charge on any atom is -0.496 e. The van der Waals surface area contributed by atoms with E-state index in [1.54, 1.807) is 20.5 Å². The molecule has 1 aromatic rings. The Morgan fingerprint density at radius 3 is 2.81 bits per heavy atom. The topological polar surface area (TPSA) is 36.9 Å². The Hall–Kier alpha value is -1.84. The lowest BCUT2D eigenvalue weighted by molar-refractivity contribution is -0.00490. The van der Waals surface area contributed by atoms with Crippen LogP contribution >= 0.6 is 0 Å². The molecular formula is C12H12O4. The molecule has 0 fully saturated rings. The molecule has 0 N–H and O–H groups in total. The predicted octanol–water partition coefficient (Wildman–Crippen LogP) is 2.05. The first-order valence-corrected chi connectivity index (χ1v) is 5.08. The van der Waals surface area contributed by atoms with E-state index in [1.165, 1.54) is 0 Å². The van der Waals surface area contributed by atoms with E-state index >= 15 is 0 Å². The van der Waals surface area contributed by atoms with Crippen molar-refractivity contribution in [2.45, 2.75) is 12.2 Å². The van der Waals surface area contributed by atoms with E-state index in [1.807, 2.05) is 18.2 Å². The van der Waals surface area contributed by atoms with E-state index in [0.29, 0.717) is 0 Å². The lowest BCUT2D eigenvalue weighted by atomic mass is 10.00. The molecular weight excluding hydrogens is 208 g/mol. The summed E-state index contributed by atoms with van der Waals surface area (Å²) in [6, 6.07) is 3.71. The second-order valence-electron chi connectivity index (χ2n) is 3.72. The van der Waals surface area contributed by atoms with Crippen LogP contribution in [0.3, 0.4) is 0 Å². The highest BCUT2D eigenvalue weighted by atomic mass is 16.7. The molecule has 0 aromatic heterocycles. The maximum Gasteiger partial charge on any atom is 0.250 e. The lowest BCUT2D eigenvalue weighted by Gasteiger charge is -2.09. The van der Waals surface area contributed by atoms with E-state index in [-0.39, 0.29) is 12.2 Å². The minimum atomic E-state index is -0.254. The van der Waals surface area contributed by atoms with Crippen LogP contribution in [0.1, 0.15) is 11.5 Å². The van der Waals surface area contributed by atoms with Gasteiger partial charge in [-0.1, -0.05) is 0 Å². The molecule has 16 heavy (non-hydrogen) atoms. The molecule has 2 heterocycles. The molecule has 0 unspecified atom stereocenters. The molecule has 0 radical (unpaired) electrons. The number of methoxy groups -OCH3 is 2. The third-order valence-corrected chi connectivity index (χ3v) is 2.90. The van der Waals surface area contributed by atoms with Crippen molar-refractivity contribution >= 4 is 0 Å². The number of hydrogen-bond acceptors (Lipinski definition) is 4. The maximum absolute atomic E-state index is 5.67. The van der Waals surface area contributed by atoms with Crippen LogP contribution < -0.4 is 14.2 Å². The summed E-state index contributed by atoms with van der Waals surface area (Å²) in [7, 11) is 3.26. The summed E-state index contributed by atoms with van der Waals surface area (Å²) in [6.45, 7) is 0. The third-order valence-electron chi connectivity index (χ3n) is 2.90. The van der Waals surface area contributed by atoms with Gasteiger partial charge in [-0.05, 0) is 6.08 Å². The van der Waals surface area contributed by atoms with Crippen molar-refractivity contribution in [2.75, 3.05) is 14.2 Å². The Bertz CT molecular complexity index is 453. The zero-order valence-electron chi connectivity index (χ0n) is 9.10. The largest absolute Gasteiger partial charge is 0.496 e. The van der Waals surface area contributed by atoms with Crippen molar-refractivity contribution in [1.29, 1.82) is 0 Å². The Morgan fingerprint density at radius 2 is 2.06 bits per heavy atom. The fraction of sp³-hybridized carbons (Fsp3) is 0.333. The maximum atomic E-state index is 5.67. The molecule has 2 atom stereocenters. The summed E-state index contributed by atoms with van der Waals surface area (Å²) < 4.78 is 21.5. The summed E-state index contributed by atoms with van der Waals surface area (Å²) in [5, 5.41) is 0. The van der Waals surface area contributed by atoms with Gasteiger partial charge in [0.15, 0.2) is 0 Å². The van der Waals surface area contributed by atoms with E-state index in [9.17, 15) is 0 Å². The van der Waals surface area contributed by atoms with Crippen LogP contribution in [0.25, 0.3) is 0 Å². The van der Waals surface area contributed by atoms with Crippen molar-refractivity contribution < 1.29 is 18.9 Å². The zero-order valence-corrected chi connectivity index (χ0v) is 9.10. The van der Waals surface area contributed by atoms with Gasteiger partial charge in [0.05, 0.1) is 32.0 Å². The Kier molecular flexibility index (Phi) is 1.96. The number of rotatable bonds is 2. The van der Waals surface area contributed by atoms with Crippen LogP contribution in [0.5, 0.6) is 17.2 Å². The molecule has 0 saturated heterocycles. The van der Waals surface area contributed by atoms with Crippen LogP contribution in [0.4, 0.5) is 0 Å². The highest BCUT2D eigenvalue weighted by molar-refractivity contribution is 5.56. The molecule has 3 rings (SSSR count). The van der Waals surface area contributed by atoms with Gasteiger partial charge in [-0.2, -0.15) is 0 Å². The molecule has 1 aromatic carbocycles. The first kappa shape index (κ1) is 9.39. The van der Waals surface area contributed by atoms with Gasteiger partial charge in [0.1, 0.15) is 17.2 Å². The fourth-order valence-corrected chi connectivity index (χ4v) is 2.13. The summed E-state index contributed by atoms with van der Waals surface area (Å²) in [4.78, 5) is 0. The molecule has 4 nitrogen and oxygen atoms in total. The number of benzene rings is 1. The molecule has 4 heteroatoms. The summed E-state index contributed by atoms with van der Waals surface area (Å²) >= 11 is 0. The molecule has 84 valence electrons. The van der Waals surface area contributed by atoms with Gasteiger partial charge < -0.3 is 18.9 Å². The van der Waals surface area contributed by atoms with Gasteiger partial charge in [-0.15, -0.1) is 0 Å². The summed E-state index contributed by atoms with van der Waals surface area (Å²) in [5.74, 6) is 2.39. The zero-order chi connectivity index (χ0) is 11.1. The summed E-state index contributed by atoms with van der Waals surface area (Å²) in [5.41, 5.74) is 1.03. The van der Waals surface area contributed by atoms with Gasteiger partial charge >= 0.3 is 0 Å². The third kappa shape index (κ3) is 1.16. The van der Waals surface area contributed by atoms with Gasteiger partial charge in [0, 0.05) is 12.1 Å². The van der Waals surface area contributed by atoms with Gasteiger partial charge in [0.2, 0.25) is 0 Å². The Balaban J connectivity index is 2.13. The standard InChI is InChI=1S/C12H12O4/c1-13-7-5-9(14-2)11-8-3-4-15-12(8)16-10(11)6-7/h3-6,8,12H,1-2H3/t8-,12+/m1/s1. The Morgan fingerprint density at radius 1 is 1.19 bits per heavy atom. The molecule has 0 spiro atoms. The highest BCUT2D eigenvalue weighted by Crippen LogP contribution is 2.48. The summed E-state index contributed by atoms with van der Waals surface area (Å²) in [6.07, 6.45) is 3.39. The second-order valence-corrected chi connectivity index (χ2v) is 3.72. The first-order valence-electron chi connectivity index (χ1n) is 5.08. The monoisotopic (exact) mass is 220 g/mol.